The molecule has 7 heteroatoms. The number of carbonyl (C=O) groups excluding carboxylic acids is 1. The summed E-state index contributed by atoms with van der Waals surface area (Å²) in [5.41, 5.74) is 0.925. The van der Waals surface area contributed by atoms with Gasteiger partial charge in [0.15, 0.2) is 11.5 Å². The summed E-state index contributed by atoms with van der Waals surface area (Å²) in [6.07, 6.45) is 0. The highest BCUT2D eigenvalue weighted by Crippen LogP contribution is 2.38. The zero-order chi connectivity index (χ0) is 18.9. The van der Waals surface area contributed by atoms with Gasteiger partial charge in [-0.1, -0.05) is 12.1 Å². The van der Waals surface area contributed by atoms with E-state index in [1.165, 1.54) is 21.3 Å². The van der Waals surface area contributed by atoms with Gasteiger partial charge in [-0.05, 0) is 24.3 Å². The number of para-hydroxylation sites is 2. The molecule has 0 aliphatic rings. The summed E-state index contributed by atoms with van der Waals surface area (Å²) in [4.78, 5) is 12.7. The zero-order valence-electron chi connectivity index (χ0n) is 15.3. The molecular weight excluding hydrogens is 338 g/mol. The molecule has 26 heavy (non-hydrogen) atoms. The first kappa shape index (κ1) is 19.4. The first-order valence-electron chi connectivity index (χ1n) is 7.96. The third-order valence-corrected chi connectivity index (χ3v) is 3.61. The van der Waals surface area contributed by atoms with Gasteiger partial charge in [0.1, 0.15) is 12.4 Å². The van der Waals surface area contributed by atoms with E-state index in [4.69, 9.17) is 23.7 Å². The fourth-order valence-electron chi connectivity index (χ4n) is 2.34. The number of carbonyl (C=O) groups is 1. The van der Waals surface area contributed by atoms with Crippen molar-refractivity contribution in [3.63, 3.8) is 0 Å². The lowest BCUT2D eigenvalue weighted by Crippen LogP contribution is -2.14. The smallest absolute Gasteiger partial charge is 0.256 e. The first-order valence-corrected chi connectivity index (χ1v) is 7.96. The fraction of sp³-hybridized carbons (Fsp3) is 0.316. The van der Waals surface area contributed by atoms with Crippen molar-refractivity contribution in [3.05, 3.63) is 42.0 Å². The molecule has 2 aromatic rings. The number of ether oxygens (including phenoxy) is 5. The van der Waals surface area contributed by atoms with Gasteiger partial charge < -0.3 is 29.0 Å². The monoisotopic (exact) mass is 361 g/mol. The molecule has 0 bridgehead atoms. The molecule has 0 aliphatic heterocycles. The van der Waals surface area contributed by atoms with Gasteiger partial charge in [0.05, 0.1) is 33.6 Å². The van der Waals surface area contributed by atoms with E-state index in [0.717, 1.165) is 0 Å². The molecule has 7 nitrogen and oxygen atoms in total. The predicted molar refractivity (Wildman–Crippen MR) is 97.9 cm³/mol. The Morgan fingerprint density at radius 2 is 1.54 bits per heavy atom. The van der Waals surface area contributed by atoms with Crippen molar-refractivity contribution in [2.24, 2.45) is 0 Å². The molecule has 0 heterocycles. The number of anilines is 1. The van der Waals surface area contributed by atoms with Gasteiger partial charge in [0.2, 0.25) is 5.75 Å². The number of methoxy groups -OCH3 is 4. The molecule has 1 amide bonds. The van der Waals surface area contributed by atoms with Gasteiger partial charge in [-0.2, -0.15) is 0 Å². The lowest BCUT2D eigenvalue weighted by molar-refractivity contribution is 0.102. The fourth-order valence-corrected chi connectivity index (χ4v) is 2.34. The summed E-state index contributed by atoms with van der Waals surface area (Å²) in [7, 11) is 6.10. The van der Waals surface area contributed by atoms with E-state index in [9.17, 15) is 4.79 Å². The number of nitrogens with one attached hydrogen (secondary N) is 1. The summed E-state index contributed by atoms with van der Waals surface area (Å²) in [6, 6.07) is 10.4. The van der Waals surface area contributed by atoms with Crippen LogP contribution in [0.2, 0.25) is 0 Å². The quantitative estimate of drug-likeness (QED) is 0.692. The number of hydrogen-bond donors (Lipinski definition) is 1. The van der Waals surface area contributed by atoms with Crippen LogP contribution in [0.4, 0.5) is 5.69 Å². The average Bonchev–Trinajstić information content (AvgIpc) is 2.68. The highest BCUT2D eigenvalue weighted by atomic mass is 16.5. The molecule has 2 aromatic carbocycles. The maximum atomic E-state index is 12.7. The molecule has 1 N–H and O–H groups in total. The van der Waals surface area contributed by atoms with Crippen LogP contribution in [-0.4, -0.2) is 47.6 Å². The number of hydrogen-bond acceptors (Lipinski definition) is 6. The minimum atomic E-state index is -0.327. The van der Waals surface area contributed by atoms with Crippen molar-refractivity contribution in [2.45, 2.75) is 0 Å². The normalized spacial score (nSPS) is 10.2. The average molecular weight is 361 g/mol. The minimum absolute atomic E-state index is 0.327. The Hall–Kier alpha value is -2.93. The van der Waals surface area contributed by atoms with Gasteiger partial charge in [-0.15, -0.1) is 0 Å². The Labute approximate surface area is 152 Å². The lowest BCUT2D eigenvalue weighted by Gasteiger charge is -2.15. The summed E-state index contributed by atoms with van der Waals surface area (Å²) in [5, 5.41) is 2.84. The summed E-state index contributed by atoms with van der Waals surface area (Å²) in [5.74, 6) is 1.47. The Morgan fingerprint density at radius 1 is 0.885 bits per heavy atom. The van der Waals surface area contributed by atoms with Gasteiger partial charge in [-0.3, -0.25) is 4.79 Å². The predicted octanol–water partition coefficient (Wildman–Crippen LogP) is 2.99. The molecule has 0 atom stereocenters. The van der Waals surface area contributed by atoms with E-state index < -0.39 is 0 Å². The van der Waals surface area contributed by atoms with E-state index in [-0.39, 0.29) is 5.91 Å². The minimum Gasteiger partial charge on any atom is -0.493 e. The molecule has 0 radical (unpaired) electrons. The van der Waals surface area contributed by atoms with Crippen LogP contribution in [0.1, 0.15) is 10.4 Å². The lowest BCUT2D eigenvalue weighted by atomic mass is 10.1. The second kappa shape index (κ2) is 9.53. The third kappa shape index (κ3) is 4.58. The first-order chi connectivity index (χ1) is 12.6. The summed E-state index contributed by atoms with van der Waals surface area (Å²) < 4.78 is 26.4. The molecular formula is C19H23NO6. The van der Waals surface area contributed by atoms with Gasteiger partial charge in [-0.25, -0.2) is 0 Å². The van der Waals surface area contributed by atoms with Crippen molar-refractivity contribution in [1.82, 2.24) is 0 Å². The van der Waals surface area contributed by atoms with E-state index in [1.807, 2.05) is 12.1 Å². The Bertz CT molecular complexity index is 722. The van der Waals surface area contributed by atoms with Crippen molar-refractivity contribution < 1.29 is 28.5 Å². The van der Waals surface area contributed by atoms with Crippen LogP contribution in [0.5, 0.6) is 23.0 Å². The molecule has 0 spiro atoms. The standard InChI is InChI=1S/C19H23NO6/c1-22-9-10-26-15-8-6-5-7-14(15)20-19(21)13-11-16(23-2)18(25-4)17(12-13)24-3/h5-8,11-12H,9-10H2,1-4H3,(H,20,21). The maximum Gasteiger partial charge on any atom is 0.256 e. The SMILES string of the molecule is COCCOc1ccccc1NC(=O)c1cc(OC)c(OC)c(OC)c1. The highest BCUT2D eigenvalue weighted by molar-refractivity contribution is 6.05. The van der Waals surface area contributed by atoms with E-state index in [2.05, 4.69) is 5.32 Å². The highest BCUT2D eigenvalue weighted by Gasteiger charge is 2.18. The van der Waals surface area contributed by atoms with Crippen molar-refractivity contribution >= 4 is 11.6 Å². The van der Waals surface area contributed by atoms with Gasteiger partial charge >= 0.3 is 0 Å². The maximum absolute atomic E-state index is 12.7. The molecule has 0 saturated carbocycles. The van der Waals surface area contributed by atoms with Crippen LogP contribution >= 0.6 is 0 Å². The molecule has 0 saturated heterocycles. The van der Waals surface area contributed by atoms with Crippen molar-refractivity contribution in [2.75, 3.05) is 47.0 Å². The largest absolute Gasteiger partial charge is 0.493 e. The van der Waals surface area contributed by atoms with E-state index in [0.29, 0.717) is 47.5 Å². The molecule has 2 rings (SSSR count). The molecule has 0 aliphatic carbocycles. The number of rotatable bonds is 9. The van der Waals surface area contributed by atoms with Crippen LogP contribution in [0, 0.1) is 0 Å². The summed E-state index contributed by atoms with van der Waals surface area (Å²) >= 11 is 0. The van der Waals surface area contributed by atoms with Crippen LogP contribution in [0.15, 0.2) is 36.4 Å². The molecule has 0 fully saturated rings. The third-order valence-electron chi connectivity index (χ3n) is 3.61. The van der Waals surface area contributed by atoms with Crippen LogP contribution in [-0.2, 0) is 4.74 Å². The van der Waals surface area contributed by atoms with Gasteiger partial charge in [0, 0.05) is 12.7 Å². The van der Waals surface area contributed by atoms with Crippen LogP contribution in [0.3, 0.4) is 0 Å². The number of benzene rings is 2. The van der Waals surface area contributed by atoms with Crippen molar-refractivity contribution in [3.8, 4) is 23.0 Å². The van der Waals surface area contributed by atoms with Crippen molar-refractivity contribution in [1.29, 1.82) is 0 Å². The Morgan fingerprint density at radius 3 is 2.12 bits per heavy atom. The van der Waals surface area contributed by atoms with Gasteiger partial charge in [0.25, 0.3) is 5.91 Å². The van der Waals surface area contributed by atoms with E-state index >= 15 is 0 Å². The summed E-state index contributed by atoms with van der Waals surface area (Å²) in [6.45, 7) is 0.836. The molecule has 0 aromatic heterocycles. The second-order valence-electron chi connectivity index (χ2n) is 5.21. The Balaban J connectivity index is 2.25. The topological polar surface area (TPSA) is 75.3 Å². The molecule has 0 unspecified atom stereocenters. The molecule has 140 valence electrons. The van der Waals surface area contributed by atoms with Crippen LogP contribution < -0.4 is 24.3 Å². The number of amides is 1. The Kier molecular flexibility index (Phi) is 7.11. The zero-order valence-corrected chi connectivity index (χ0v) is 15.3. The second-order valence-corrected chi connectivity index (χ2v) is 5.21. The van der Waals surface area contributed by atoms with E-state index in [1.54, 1.807) is 31.4 Å². The van der Waals surface area contributed by atoms with Crippen LogP contribution in [0.25, 0.3) is 0 Å².